The largest absolute Gasteiger partial charge is 0.455 e. The Morgan fingerprint density at radius 2 is 0.895 bits per heavy atom. The van der Waals surface area contributed by atoms with E-state index in [0.29, 0.717) is 0 Å². The van der Waals surface area contributed by atoms with Crippen molar-refractivity contribution >= 4 is 87.2 Å². The summed E-state index contributed by atoms with van der Waals surface area (Å²) < 4.78 is 11.4. The molecule has 0 amide bonds. The van der Waals surface area contributed by atoms with Gasteiger partial charge in [-0.25, -0.2) is 0 Å². The first-order valence-corrected chi connectivity index (χ1v) is 19.4. The summed E-state index contributed by atoms with van der Waals surface area (Å²) in [6.07, 6.45) is 1.92. The molecule has 0 aliphatic heterocycles. The molecule has 0 N–H and O–H groups in total. The maximum atomic E-state index is 6.60. The molecule has 4 heteroatoms. The summed E-state index contributed by atoms with van der Waals surface area (Å²) in [5.74, 6) is 0. The Balaban J connectivity index is 1.33. The van der Waals surface area contributed by atoms with Gasteiger partial charge in [0.2, 0.25) is 0 Å². The van der Waals surface area contributed by atoms with E-state index in [0.717, 1.165) is 99.0 Å². The highest BCUT2D eigenvalue weighted by atomic mass is 16.3. The Morgan fingerprint density at radius 1 is 0.351 bits per heavy atom. The van der Waals surface area contributed by atoms with Crippen LogP contribution in [0.5, 0.6) is 0 Å². The van der Waals surface area contributed by atoms with Crippen LogP contribution >= 0.6 is 0 Å². The fourth-order valence-electron chi connectivity index (χ4n) is 9.10. The molecule has 0 saturated carbocycles. The summed E-state index contributed by atoms with van der Waals surface area (Å²) in [4.78, 5) is 5.20. The Hall–Kier alpha value is -7.69. The second-order valence-electron chi connectivity index (χ2n) is 14.7. The lowest BCUT2D eigenvalue weighted by Crippen LogP contribution is -2.08. The summed E-state index contributed by atoms with van der Waals surface area (Å²) in [5.41, 5.74) is 11.5. The van der Waals surface area contributed by atoms with Crippen LogP contribution in [0.25, 0.3) is 110 Å². The maximum Gasteiger partial charge on any atom is 0.143 e. The highest BCUT2D eigenvalue weighted by molar-refractivity contribution is 6.27. The number of hydrogen-bond donors (Lipinski definition) is 0. The molecule has 9 aromatic carbocycles. The van der Waals surface area contributed by atoms with E-state index in [1.165, 1.54) is 10.8 Å². The summed E-state index contributed by atoms with van der Waals surface area (Å²) in [6.45, 7) is 0. The molecule has 0 radical (unpaired) electrons. The maximum absolute atomic E-state index is 6.60. The predicted molar refractivity (Wildman–Crippen MR) is 238 cm³/mol. The molecule has 0 saturated heterocycles. The van der Waals surface area contributed by atoms with Crippen LogP contribution in [0.1, 0.15) is 0 Å². The average molecular weight is 728 g/mol. The first-order valence-electron chi connectivity index (χ1n) is 19.4. The Kier molecular flexibility index (Phi) is 6.89. The van der Waals surface area contributed by atoms with Gasteiger partial charge in [-0.2, -0.15) is 0 Å². The average Bonchev–Trinajstić information content (AvgIpc) is 3.67. The van der Waals surface area contributed by atoms with E-state index in [4.69, 9.17) is 9.40 Å². The van der Waals surface area contributed by atoms with Crippen LogP contribution in [0.15, 0.2) is 205 Å². The fraction of sp³-hybridized carbons (Fsp3) is 0. The normalized spacial score (nSPS) is 11.9. The number of hydrogen-bond acceptors (Lipinski definition) is 2. The van der Waals surface area contributed by atoms with Crippen molar-refractivity contribution in [1.29, 1.82) is 0 Å². The van der Waals surface area contributed by atoms with Gasteiger partial charge in [-0.05, 0) is 99.2 Å². The smallest absolute Gasteiger partial charge is 0.143 e. The zero-order valence-corrected chi connectivity index (χ0v) is 30.8. The van der Waals surface area contributed by atoms with E-state index >= 15 is 0 Å². The van der Waals surface area contributed by atoms with Crippen LogP contribution in [0, 0.1) is 0 Å². The quantitative estimate of drug-likeness (QED) is 0.170. The summed E-state index contributed by atoms with van der Waals surface area (Å²) in [5, 5.41) is 10.2. The van der Waals surface area contributed by atoms with E-state index in [9.17, 15) is 0 Å². The second-order valence-corrected chi connectivity index (χ2v) is 14.7. The molecular weight excluding hydrogens is 695 g/mol. The fourth-order valence-corrected chi connectivity index (χ4v) is 9.10. The van der Waals surface area contributed by atoms with Crippen molar-refractivity contribution in [3.63, 3.8) is 0 Å². The van der Waals surface area contributed by atoms with Crippen molar-refractivity contribution in [1.82, 2.24) is 14.1 Å². The van der Waals surface area contributed by atoms with Crippen LogP contribution < -0.4 is 0 Å². The number of nitrogens with zero attached hydrogens (tertiary/aromatic N) is 3. The summed E-state index contributed by atoms with van der Waals surface area (Å²) in [6, 6.07) is 69.6. The van der Waals surface area contributed by atoms with Gasteiger partial charge in [-0.3, -0.25) is 4.98 Å². The van der Waals surface area contributed by atoms with Gasteiger partial charge in [0.1, 0.15) is 11.2 Å². The lowest BCUT2D eigenvalue weighted by Gasteiger charge is -2.23. The van der Waals surface area contributed by atoms with Crippen LogP contribution in [-0.4, -0.2) is 14.1 Å². The van der Waals surface area contributed by atoms with Gasteiger partial charge in [-0.15, -0.1) is 0 Å². The third-order valence-electron chi connectivity index (χ3n) is 11.6. The number of para-hydroxylation sites is 6. The van der Waals surface area contributed by atoms with Gasteiger partial charge in [0.15, 0.2) is 0 Å². The van der Waals surface area contributed by atoms with Crippen molar-refractivity contribution in [3.05, 3.63) is 200 Å². The zero-order chi connectivity index (χ0) is 37.5. The highest BCUT2D eigenvalue weighted by Crippen LogP contribution is 2.42. The van der Waals surface area contributed by atoms with Crippen LogP contribution in [0.4, 0.5) is 0 Å². The molecule has 4 nitrogen and oxygen atoms in total. The molecule has 0 fully saturated rings. The molecule has 57 heavy (non-hydrogen) atoms. The molecule has 0 spiro atoms. The van der Waals surface area contributed by atoms with Crippen LogP contribution in [0.2, 0.25) is 0 Å². The number of pyridine rings is 1. The van der Waals surface area contributed by atoms with Crippen molar-refractivity contribution < 1.29 is 4.42 Å². The standard InChI is InChI=1S/C53H33N3O/c1-3-15-35(16-4-1)55-47-25-10-11-26-48(47)56(36-17-5-2-6-18-36)50-33-46-45(32-49(50)55)44-31-34(37-22-13-23-43-41-21-9-12-27-51(41)57-53(37)43)28-29-40(44)38-19-7-8-20-39(38)42-24-14-30-54-52(42)46/h1-33H. The Bertz CT molecular complexity index is 3630. The SMILES string of the molecule is c1ccc(-n2c3ccccc3n(-c3ccccc3)c3cc4c(cc32)c2cc(-c3cccc5c3oc3ccccc35)ccc2c2ccccc2c2cccnc24)cc1. The van der Waals surface area contributed by atoms with Gasteiger partial charge in [0.05, 0.1) is 27.6 Å². The number of rotatable bonds is 3. The number of fused-ring (bicyclic) bond motifs is 13. The lowest BCUT2D eigenvalue weighted by molar-refractivity contribution is 0.670. The summed E-state index contributed by atoms with van der Waals surface area (Å²) in [7, 11) is 0. The van der Waals surface area contributed by atoms with Gasteiger partial charge in [0, 0.05) is 44.7 Å². The predicted octanol–water partition coefficient (Wildman–Crippen LogP) is 14.3. The zero-order valence-electron chi connectivity index (χ0n) is 30.8. The Morgan fingerprint density at radius 3 is 1.61 bits per heavy atom. The molecule has 3 aromatic heterocycles. The van der Waals surface area contributed by atoms with Gasteiger partial charge >= 0.3 is 0 Å². The van der Waals surface area contributed by atoms with Crippen molar-refractivity contribution in [2.45, 2.75) is 0 Å². The molecule has 266 valence electrons. The third kappa shape index (κ3) is 4.77. The number of furan rings is 1. The highest BCUT2D eigenvalue weighted by Gasteiger charge is 2.19. The van der Waals surface area contributed by atoms with E-state index in [-0.39, 0.29) is 0 Å². The minimum Gasteiger partial charge on any atom is -0.455 e. The molecular formula is C53H33N3O. The number of aromatic nitrogens is 3. The second kappa shape index (κ2) is 12.4. The lowest BCUT2D eigenvalue weighted by atomic mass is 9.93. The minimum absolute atomic E-state index is 0.893. The molecule has 0 bridgehead atoms. The Labute approximate surface area is 327 Å². The van der Waals surface area contributed by atoms with Crippen molar-refractivity contribution in [2.24, 2.45) is 0 Å². The number of benzene rings is 8. The molecule has 3 heterocycles. The topological polar surface area (TPSA) is 35.9 Å². The van der Waals surface area contributed by atoms with Crippen molar-refractivity contribution in [2.75, 3.05) is 0 Å². The molecule has 0 aliphatic carbocycles. The van der Waals surface area contributed by atoms with E-state index in [2.05, 4.69) is 197 Å². The van der Waals surface area contributed by atoms with Gasteiger partial charge in [-0.1, -0.05) is 127 Å². The summed E-state index contributed by atoms with van der Waals surface area (Å²) >= 11 is 0. The third-order valence-corrected chi connectivity index (χ3v) is 11.6. The van der Waals surface area contributed by atoms with E-state index < -0.39 is 0 Å². The van der Waals surface area contributed by atoms with Crippen LogP contribution in [-0.2, 0) is 0 Å². The molecule has 0 unspecified atom stereocenters. The molecule has 0 atom stereocenters. The molecule has 12 aromatic rings. The molecule has 12 rings (SSSR count). The van der Waals surface area contributed by atoms with Crippen molar-refractivity contribution in [3.8, 4) is 22.5 Å². The van der Waals surface area contributed by atoms with Gasteiger partial charge in [0.25, 0.3) is 0 Å². The first kappa shape index (κ1) is 31.6. The first-order chi connectivity index (χ1) is 28.3. The minimum atomic E-state index is 0.893. The van der Waals surface area contributed by atoms with E-state index in [1.54, 1.807) is 0 Å². The monoisotopic (exact) mass is 727 g/mol. The molecule has 0 aliphatic rings. The van der Waals surface area contributed by atoms with Gasteiger partial charge < -0.3 is 13.6 Å². The van der Waals surface area contributed by atoms with E-state index in [1.807, 2.05) is 12.3 Å². The van der Waals surface area contributed by atoms with Crippen LogP contribution in [0.3, 0.4) is 0 Å².